The van der Waals surface area contributed by atoms with Crippen LogP contribution in [0.5, 0.6) is 0 Å². The summed E-state index contributed by atoms with van der Waals surface area (Å²) >= 11 is 8.27. The zero-order chi connectivity index (χ0) is 81.9. The summed E-state index contributed by atoms with van der Waals surface area (Å²) in [6.07, 6.45) is 25.9. The van der Waals surface area contributed by atoms with Gasteiger partial charge in [-0.25, -0.2) is 19.4 Å². The molecule has 0 saturated carbocycles. The predicted octanol–water partition coefficient (Wildman–Crippen LogP) is 24.9. The molecule has 1 N–H and O–H groups in total. The Hall–Kier alpha value is -5.48. The highest BCUT2D eigenvalue weighted by molar-refractivity contribution is 9.10. The van der Waals surface area contributed by atoms with E-state index >= 15 is 0 Å². The van der Waals surface area contributed by atoms with Crippen LogP contribution in [0.3, 0.4) is 0 Å². The number of halogens is 1. The van der Waals surface area contributed by atoms with Gasteiger partial charge in [0.1, 0.15) is 4.60 Å². The van der Waals surface area contributed by atoms with Crippen molar-refractivity contribution in [3.8, 4) is 21.1 Å². The molecule has 0 aromatic carbocycles. The van der Waals surface area contributed by atoms with E-state index in [1.807, 2.05) is 108 Å². The molecule has 7 heterocycles. The van der Waals surface area contributed by atoms with Crippen molar-refractivity contribution < 1.29 is 52.5 Å². The van der Waals surface area contributed by atoms with E-state index in [2.05, 4.69) is 173 Å². The first kappa shape index (κ1) is 91.7. The summed E-state index contributed by atoms with van der Waals surface area (Å²) < 4.78 is 44.7. The highest BCUT2D eigenvalue weighted by atomic mass is 79.9. The topological polar surface area (TPSA) is 175 Å². The highest BCUT2D eigenvalue weighted by Gasteiger charge is 2.54. The number of aliphatic carboxylic acids is 1. The summed E-state index contributed by atoms with van der Waals surface area (Å²) in [4.78, 5) is 57.8. The maximum atomic E-state index is 13.2. The van der Waals surface area contributed by atoms with Gasteiger partial charge in [-0.15, -0.1) is 34.0 Å². The lowest BCUT2D eigenvalue weighted by atomic mass is 9.73. The van der Waals surface area contributed by atoms with Crippen molar-refractivity contribution in [1.82, 2.24) is 15.0 Å². The Morgan fingerprint density at radius 1 is 0.491 bits per heavy atom. The third-order valence-electron chi connectivity index (χ3n) is 20.7. The number of hydrogen-bond donors (Lipinski definition) is 1. The minimum atomic E-state index is -1.01. The summed E-state index contributed by atoms with van der Waals surface area (Å²) in [6.45, 7) is 56.7. The van der Waals surface area contributed by atoms with Crippen molar-refractivity contribution in [3.63, 3.8) is 0 Å². The van der Waals surface area contributed by atoms with Crippen LogP contribution in [0.15, 0.2) is 77.8 Å². The molecular weight excluding hydrogens is 1500 g/mol. The molecule has 3 atom stereocenters. The number of allylic oxidation sites excluding steroid dienone is 6. The summed E-state index contributed by atoms with van der Waals surface area (Å²) in [5.41, 5.74) is 13.6. The average molecular weight is 1630 g/mol. The number of carboxylic acids is 1. The van der Waals surface area contributed by atoms with Gasteiger partial charge < -0.3 is 38.1 Å². The van der Waals surface area contributed by atoms with E-state index in [1.54, 1.807) is 34.0 Å². The van der Waals surface area contributed by atoms with E-state index in [-0.39, 0.29) is 28.2 Å². The van der Waals surface area contributed by atoms with Crippen LogP contribution in [-0.2, 0) is 66.6 Å². The van der Waals surface area contributed by atoms with Gasteiger partial charge in [0, 0.05) is 65.8 Å². The first-order valence-corrected chi connectivity index (χ1v) is 43.4. The van der Waals surface area contributed by atoms with Crippen molar-refractivity contribution >= 4 is 96.5 Å². The fourth-order valence-corrected chi connectivity index (χ4v) is 17.8. The standard InChI is InChI=1S/C29H41NO3S.C27H43BO5S.C27H37NO3S.C8H10BrN/c1-9-11-20-12-13-22(30-18-20)26-24(21-14-16-29(7,8)17-15-21)23(19(3)34-26)25(27(31)32-10-2)33-28(4,5)6;1-12-30-23(29)21(31-24(3,4)5)19-17(2)34-22(28-32-26(8,9)27(10,11)33-28)20(19)18-13-15-25(6,7)16-14-18;1-8-9-18-10-11-20(28-16-18)24-22(19-12-14-27(6,7)15-13-19)21(17(2)32-24)23(25(29)30)31-26(3,4)5;1-2-3-7-4-5-8(9)10-6-7/h12-14,18,25H,9-11,15-17H2,1-8H3;13,21H,12,14-16H2,1-11H3;10-12,16,23H,8-9,13-15H2,1-7H3,(H,29,30);4-6H,2-3H2,1H3. The Labute approximate surface area is 681 Å². The molecule has 3 aliphatic carbocycles. The molecule has 4 aliphatic rings. The second-order valence-electron chi connectivity index (χ2n) is 36.3. The largest absolute Gasteiger partial charge is 0.506 e. The minimum absolute atomic E-state index is 0.266. The van der Waals surface area contributed by atoms with Gasteiger partial charge >= 0.3 is 25.0 Å². The van der Waals surface area contributed by atoms with Gasteiger partial charge in [-0.05, 0) is 291 Å². The molecule has 6 aromatic heterocycles. The smallest absolute Gasteiger partial charge is 0.479 e. The zero-order valence-corrected chi connectivity index (χ0v) is 75.8. The first-order chi connectivity index (χ1) is 51.2. The van der Waals surface area contributed by atoms with Gasteiger partial charge in [0.2, 0.25) is 0 Å². The first-order valence-electron chi connectivity index (χ1n) is 40.1. The quantitative estimate of drug-likeness (QED) is 0.0364. The van der Waals surface area contributed by atoms with Crippen LogP contribution in [0, 0.1) is 37.0 Å². The van der Waals surface area contributed by atoms with Crippen LogP contribution in [0.4, 0.5) is 0 Å². The molecule has 1 fully saturated rings. The molecule has 0 bridgehead atoms. The average Bonchev–Trinajstić information content (AvgIpc) is 1.59. The molecule has 10 rings (SSSR count). The van der Waals surface area contributed by atoms with Crippen LogP contribution in [0.1, 0.15) is 326 Å². The van der Waals surface area contributed by atoms with E-state index < -0.39 is 59.4 Å². The molecular formula is C91H131BBrN3O11S3. The molecule has 110 heavy (non-hydrogen) atoms. The molecule has 604 valence electrons. The number of esters is 2. The highest BCUT2D eigenvalue weighted by Crippen LogP contribution is 2.52. The molecule has 3 unspecified atom stereocenters. The number of aryl methyl sites for hydroxylation is 6. The summed E-state index contributed by atoms with van der Waals surface area (Å²) in [5, 5.41) is 10.1. The number of rotatable bonds is 23. The van der Waals surface area contributed by atoms with E-state index in [1.165, 1.54) is 39.8 Å². The Kier molecular flexibility index (Phi) is 31.9. The lowest BCUT2D eigenvalue weighted by Crippen LogP contribution is -2.41. The molecule has 1 saturated heterocycles. The van der Waals surface area contributed by atoms with Crippen molar-refractivity contribution in [3.05, 3.63) is 143 Å². The number of carboxylic acid groups (broad SMARTS) is 1. The van der Waals surface area contributed by atoms with Crippen molar-refractivity contribution in [2.45, 2.75) is 330 Å². The van der Waals surface area contributed by atoms with E-state index in [9.17, 15) is 19.5 Å². The number of carbonyl (C=O) groups excluding carboxylic acids is 2. The second-order valence-corrected chi connectivity index (χ2v) is 40.8. The Bertz CT molecular complexity index is 4160. The van der Waals surface area contributed by atoms with Crippen molar-refractivity contribution in [2.75, 3.05) is 13.2 Å². The number of nitrogens with zero attached hydrogens (tertiary/aromatic N) is 3. The third kappa shape index (κ3) is 25.0. The zero-order valence-electron chi connectivity index (χ0n) is 71.7. The molecule has 0 amide bonds. The summed E-state index contributed by atoms with van der Waals surface area (Å²) in [6, 6.07) is 12.6. The summed E-state index contributed by atoms with van der Waals surface area (Å²) in [5.74, 6) is -1.62. The summed E-state index contributed by atoms with van der Waals surface area (Å²) in [7, 11) is -0.495. The SMILES string of the molecule is CCCc1ccc(-c2sc(C)c(C(OC(C)(C)C)C(=O)O)c2C2=CCC(C)(C)CC2)nc1.CCCc1ccc(-c2sc(C)c(C(OC(C)(C)C)C(=O)OCC)c2C2=CCC(C)(C)CC2)nc1.CCCc1ccc(Br)nc1.CCOC(=O)C(OC(C)(C)C)c1c(C)sc(B2OC(C)(C)C(C)(C)O2)c1C1=CCC(C)(C)CC1. The number of ether oxygens (including phenoxy) is 5. The van der Waals surface area contributed by atoms with Crippen LogP contribution in [0.25, 0.3) is 37.9 Å². The van der Waals surface area contributed by atoms with Gasteiger partial charge in [0.15, 0.2) is 18.3 Å². The van der Waals surface area contributed by atoms with Crippen LogP contribution in [-0.4, -0.2) is 86.3 Å². The fourth-order valence-electron chi connectivity index (χ4n) is 14.0. The number of pyridine rings is 3. The molecule has 0 spiro atoms. The van der Waals surface area contributed by atoms with E-state index in [4.69, 9.17) is 43.0 Å². The number of thiophene rings is 3. The Morgan fingerprint density at radius 3 is 1.12 bits per heavy atom. The molecule has 0 radical (unpaired) electrons. The van der Waals surface area contributed by atoms with Gasteiger partial charge in [-0.3, -0.25) is 9.97 Å². The predicted molar refractivity (Wildman–Crippen MR) is 462 cm³/mol. The van der Waals surface area contributed by atoms with Crippen LogP contribution < -0.4 is 4.78 Å². The van der Waals surface area contributed by atoms with Crippen molar-refractivity contribution in [2.24, 2.45) is 16.2 Å². The third-order valence-corrected chi connectivity index (χ3v) is 24.6. The minimum Gasteiger partial charge on any atom is -0.479 e. The second kappa shape index (κ2) is 38.3. The normalized spacial score (nSPS) is 18.0. The monoisotopic (exact) mass is 1630 g/mol. The maximum absolute atomic E-state index is 13.2. The maximum Gasteiger partial charge on any atom is 0.506 e. The van der Waals surface area contributed by atoms with Gasteiger partial charge in [0.05, 0.1) is 62.4 Å². The number of aromatic nitrogens is 3. The lowest BCUT2D eigenvalue weighted by molar-refractivity contribution is -0.167. The van der Waals surface area contributed by atoms with E-state index in [0.717, 1.165) is 168 Å². The molecule has 19 heteroatoms. The molecule has 1 aliphatic heterocycles. The Balaban J connectivity index is 0.000000215. The molecule has 6 aromatic rings. The van der Waals surface area contributed by atoms with Crippen molar-refractivity contribution in [1.29, 1.82) is 0 Å². The fraction of sp³-hybridized carbons (Fsp3) is 0.604. The van der Waals surface area contributed by atoms with E-state index in [0.29, 0.717) is 13.2 Å². The van der Waals surface area contributed by atoms with Gasteiger partial charge in [-0.1, -0.05) is 118 Å². The Morgan fingerprint density at radius 2 is 0.818 bits per heavy atom. The number of carbonyl (C=O) groups is 3. The van der Waals surface area contributed by atoms with Crippen LogP contribution >= 0.6 is 49.9 Å². The van der Waals surface area contributed by atoms with Gasteiger partial charge in [-0.2, -0.15) is 0 Å². The van der Waals surface area contributed by atoms with Gasteiger partial charge in [0.25, 0.3) is 0 Å². The molecule has 14 nitrogen and oxygen atoms in total. The van der Waals surface area contributed by atoms with Crippen LogP contribution in [0.2, 0.25) is 0 Å². The lowest BCUT2D eigenvalue weighted by Gasteiger charge is -2.32. The number of hydrogen-bond acceptors (Lipinski definition) is 16.